The molecule has 0 bridgehead atoms. The Morgan fingerprint density at radius 2 is 2.12 bits per heavy atom. The number of alkyl halides is 1. The number of hydrogen-bond donors (Lipinski definition) is 1. The third-order valence-electron chi connectivity index (χ3n) is 0.812. The van der Waals surface area contributed by atoms with Crippen LogP contribution in [0, 0.1) is 0 Å². The van der Waals surface area contributed by atoms with E-state index in [1.54, 1.807) is 0 Å². The number of Topliss-reactive ketones (excluding diaryl/α,β-unsaturated/α-hetero) is 1. The highest BCUT2D eigenvalue weighted by atomic mass is 35.5. The Balaban J connectivity index is 3.64. The Bertz CT molecular complexity index is 90.4. The average Bonchev–Trinajstić information content (AvgIpc) is 1.64. The standard InChI is InChI=1S/C5H9ClO2/c1-3(7)5(6)4(2)8/h3,5,7H,1-2H3/t3-,5+/m0/s1. The highest BCUT2D eigenvalue weighted by Gasteiger charge is 2.15. The number of halogens is 1. The summed E-state index contributed by atoms with van der Waals surface area (Å²) in [5.41, 5.74) is 0. The van der Waals surface area contributed by atoms with Crippen molar-refractivity contribution in [2.24, 2.45) is 0 Å². The zero-order valence-electron chi connectivity index (χ0n) is 4.89. The predicted molar refractivity (Wildman–Crippen MR) is 32.0 cm³/mol. The topological polar surface area (TPSA) is 37.3 Å². The molecule has 0 saturated carbocycles. The second-order valence-electron chi connectivity index (χ2n) is 1.75. The van der Waals surface area contributed by atoms with Gasteiger partial charge in [0.25, 0.3) is 0 Å². The summed E-state index contributed by atoms with van der Waals surface area (Å²) in [5.74, 6) is -0.193. The molecule has 0 fully saturated rings. The maximum absolute atomic E-state index is 10.3. The molecule has 0 amide bonds. The van der Waals surface area contributed by atoms with Crippen molar-refractivity contribution in [3.63, 3.8) is 0 Å². The lowest BCUT2D eigenvalue weighted by Gasteiger charge is -2.06. The van der Waals surface area contributed by atoms with Crippen LogP contribution in [0.2, 0.25) is 0 Å². The quantitative estimate of drug-likeness (QED) is 0.564. The molecule has 48 valence electrons. The van der Waals surface area contributed by atoms with Crippen molar-refractivity contribution in [2.75, 3.05) is 0 Å². The van der Waals surface area contributed by atoms with Crippen molar-refractivity contribution in [3.8, 4) is 0 Å². The largest absolute Gasteiger partial charge is 0.391 e. The second-order valence-corrected chi connectivity index (χ2v) is 2.22. The Labute approximate surface area is 53.5 Å². The second kappa shape index (κ2) is 3.05. The van der Waals surface area contributed by atoms with Crippen molar-refractivity contribution in [1.82, 2.24) is 0 Å². The van der Waals surface area contributed by atoms with Gasteiger partial charge in [0.15, 0.2) is 0 Å². The monoisotopic (exact) mass is 136 g/mol. The van der Waals surface area contributed by atoms with E-state index in [2.05, 4.69) is 0 Å². The number of hydrogen-bond acceptors (Lipinski definition) is 2. The molecular formula is C5H9ClO2. The van der Waals surface area contributed by atoms with E-state index in [4.69, 9.17) is 16.7 Å². The highest BCUT2D eigenvalue weighted by molar-refractivity contribution is 6.31. The summed E-state index contributed by atoms with van der Waals surface area (Å²) in [6.45, 7) is 2.84. The normalized spacial score (nSPS) is 17.5. The molecule has 0 aromatic rings. The summed E-state index contributed by atoms with van der Waals surface area (Å²) in [6, 6.07) is 0. The van der Waals surface area contributed by atoms with Crippen LogP contribution in [0.3, 0.4) is 0 Å². The minimum absolute atomic E-state index is 0.193. The van der Waals surface area contributed by atoms with Crippen LogP contribution in [0.15, 0.2) is 0 Å². The lowest BCUT2D eigenvalue weighted by atomic mass is 10.2. The molecule has 0 aromatic heterocycles. The first-order chi connectivity index (χ1) is 3.55. The molecule has 8 heavy (non-hydrogen) atoms. The van der Waals surface area contributed by atoms with Gasteiger partial charge in [-0.1, -0.05) is 0 Å². The van der Waals surface area contributed by atoms with Crippen LogP contribution in [0.25, 0.3) is 0 Å². The van der Waals surface area contributed by atoms with E-state index in [0.29, 0.717) is 0 Å². The molecule has 0 unspecified atom stereocenters. The zero-order chi connectivity index (χ0) is 6.73. The maximum atomic E-state index is 10.3. The molecular weight excluding hydrogens is 128 g/mol. The molecule has 0 aliphatic carbocycles. The summed E-state index contributed by atoms with van der Waals surface area (Å²) in [7, 11) is 0. The number of carbonyl (C=O) groups is 1. The number of aliphatic hydroxyl groups is 1. The highest BCUT2D eigenvalue weighted by Crippen LogP contribution is 2.01. The van der Waals surface area contributed by atoms with Gasteiger partial charge < -0.3 is 5.11 Å². The number of ketones is 1. The van der Waals surface area contributed by atoms with E-state index < -0.39 is 11.5 Å². The van der Waals surface area contributed by atoms with Gasteiger partial charge in [0.1, 0.15) is 11.2 Å². The fourth-order valence-corrected chi connectivity index (χ4v) is 0.340. The fraction of sp³-hybridized carbons (Fsp3) is 0.800. The van der Waals surface area contributed by atoms with Gasteiger partial charge in [-0.15, -0.1) is 11.6 Å². The van der Waals surface area contributed by atoms with Crippen molar-refractivity contribution in [1.29, 1.82) is 0 Å². The smallest absolute Gasteiger partial charge is 0.150 e. The Kier molecular flexibility index (Phi) is 3.02. The van der Waals surface area contributed by atoms with Gasteiger partial charge in [-0.05, 0) is 13.8 Å². The molecule has 0 radical (unpaired) electrons. The number of carbonyl (C=O) groups excluding carboxylic acids is 1. The minimum atomic E-state index is -0.742. The predicted octanol–water partition coefficient (Wildman–Crippen LogP) is 0.564. The summed E-state index contributed by atoms with van der Waals surface area (Å²) in [4.78, 5) is 10.3. The van der Waals surface area contributed by atoms with Gasteiger partial charge in [0, 0.05) is 0 Å². The van der Waals surface area contributed by atoms with Crippen molar-refractivity contribution in [3.05, 3.63) is 0 Å². The molecule has 0 saturated heterocycles. The van der Waals surface area contributed by atoms with E-state index >= 15 is 0 Å². The van der Waals surface area contributed by atoms with Crippen LogP contribution < -0.4 is 0 Å². The molecule has 3 heteroatoms. The first-order valence-electron chi connectivity index (χ1n) is 2.38. The first kappa shape index (κ1) is 7.92. The molecule has 0 rings (SSSR count). The molecule has 1 N–H and O–H groups in total. The molecule has 0 aliphatic rings. The fourth-order valence-electron chi connectivity index (χ4n) is 0.340. The molecule has 0 aliphatic heterocycles. The van der Waals surface area contributed by atoms with Crippen LogP contribution in [-0.2, 0) is 4.79 Å². The SMILES string of the molecule is CC(=O)[C@H](Cl)[C@H](C)O. The van der Waals surface area contributed by atoms with Gasteiger partial charge in [-0.25, -0.2) is 0 Å². The Morgan fingerprint density at radius 1 is 1.75 bits per heavy atom. The van der Waals surface area contributed by atoms with Crippen molar-refractivity contribution < 1.29 is 9.90 Å². The van der Waals surface area contributed by atoms with Gasteiger partial charge in [-0.2, -0.15) is 0 Å². The third-order valence-corrected chi connectivity index (χ3v) is 1.48. The van der Waals surface area contributed by atoms with Crippen LogP contribution in [0.5, 0.6) is 0 Å². The number of rotatable bonds is 2. The van der Waals surface area contributed by atoms with E-state index in [-0.39, 0.29) is 5.78 Å². The molecule has 0 heterocycles. The number of aliphatic hydroxyl groups excluding tert-OH is 1. The van der Waals surface area contributed by atoms with E-state index in [0.717, 1.165) is 0 Å². The van der Waals surface area contributed by atoms with Crippen molar-refractivity contribution in [2.45, 2.75) is 25.3 Å². The summed E-state index contributed by atoms with van der Waals surface area (Å²) in [6.07, 6.45) is -0.742. The summed E-state index contributed by atoms with van der Waals surface area (Å²) >= 11 is 5.35. The molecule has 2 nitrogen and oxygen atoms in total. The maximum Gasteiger partial charge on any atom is 0.150 e. The van der Waals surface area contributed by atoms with Crippen LogP contribution in [0.1, 0.15) is 13.8 Å². The average molecular weight is 137 g/mol. The Morgan fingerprint density at radius 3 is 2.12 bits per heavy atom. The van der Waals surface area contributed by atoms with Gasteiger partial charge in [0.2, 0.25) is 0 Å². The summed E-state index contributed by atoms with van der Waals surface area (Å²) < 4.78 is 0. The first-order valence-corrected chi connectivity index (χ1v) is 2.82. The Hall–Kier alpha value is -0.0800. The van der Waals surface area contributed by atoms with Gasteiger partial charge in [0.05, 0.1) is 6.10 Å². The zero-order valence-corrected chi connectivity index (χ0v) is 5.64. The lowest BCUT2D eigenvalue weighted by molar-refractivity contribution is -0.118. The van der Waals surface area contributed by atoms with Gasteiger partial charge >= 0.3 is 0 Å². The lowest BCUT2D eigenvalue weighted by Crippen LogP contribution is -2.23. The minimum Gasteiger partial charge on any atom is -0.391 e. The van der Waals surface area contributed by atoms with E-state index in [1.807, 2.05) is 0 Å². The van der Waals surface area contributed by atoms with Gasteiger partial charge in [-0.3, -0.25) is 4.79 Å². The molecule has 0 spiro atoms. The van der Waals surface area contributed by atoms with Crippen LogP contribution in [-0.4, -0.2) is 22.4 Å². The van der Waals surface area contributed by atoms with E-state index in [1.165, 1.54) is 13.8 Å². The summed E-state index contributed by atoms with van der Waals surface area (Å²) in [5, 5.41) is 7.90. The molecule has 2 atom stereocenters. The molecule has 0 aromatic carbocycles. The van der Waals surface area contributed by atoms with Crippen LogP contribution >= 0.6 is 11.6 Å². The van der Waals surface area contributed by atoms with Crippen molar-refractivity contribution >= 4 is 17.4 Å². The van der Waals surface area contributed by atoms with Crippen LogP contribution in [0.4, 0.5) is 0 Å². The third kappa shape index (κ3) is 2.28. The van der Waals surface area contributed by atoms with E-state index in [9.17, 15) is 4.79 Å².